The lowest BCUT2D eigenvalue weighted by molar-refractivity contribution is 0.105. The van der Waals surface area contributed by atoms with Gasteiger partial charge in [-0.15, -0.1) is 5.10 Å². The third kappa shape index (κ3) is 3.89. The largest absolute Gasteiger partial charge is 0.301 e. The Kier molecular flexibility index (Phi) is 5.78. The van der Waals surface area contributed by atoms with Crippen LogP contribution in [0.15, 0.2) is 24.3 Å². The number of halogens is 1. The first-order valence-electron chi connectivity index (χ1n) is 10.3. The van der Waals surface area contributed by atoms with E-state index in [-0.39, 0.29) is 11.9 Å². The van der Waals surface area contributed by atoms with Gasteiger partial charge in [0.1, 0.15) is 11.9 Å². The Labute approximate surface area is 160 Å². The molecule has 0 amide bonds. The van der Waals surface area contributed by atoms with Gasteiger partial charge in [-0.05, 0) is 35.9 Å². The van der Waals surface area contributed by atoms with Crippen LogP contribution in [-0.4, -0.2) is 62.7 Å². The summed E-state index contributed by atoms with van der Waals surface area (Å²) in [6.45, 7) is 7.01. The quantitative estimate of drug-likeness (QED) is 0.807. The van der Waals surface area contributed by atoms with Crippen molar-refractivity contribution >= 4 is 0 Å². The predicted octanol–water partition coefficient (Wildman–Crippen LogP) is 3.04. The van der Waals surface area contributed by atoms with E-state index in [1.165, 1.54) is 19.3 Å². The fraction of sp³-hybridized carbons (Fsp3) is 0.650. The third-order valence-electron chi connectivity index (χ3n) is 6.10. The van der Waals surface area contributed by atoms with E-state index < -0.39 is 0 Å². The van der Waals surface area contributed by atoms with Gasteiger partial charge < -0.3 is 4.90 Å². The lowest BCUT2D eigenvalue weighted by Crippen LogP contribution is -2.48. The van der Waals surface area contributed by atoms with Crippen LogP contribution >= 0.6 is 0 Å². The van der Waals surface area contributed by atoms with Crippen LogP contribution in [0.4, 0.5) is 4.39 Å². The molecule has 1 aliphatic heterocycles. The summed E-state index contributed by atoms with van der Waals surface area (Å²) in [4.78, 5) is 4.77. The van der Waals surface area contributed by atoms with Crippen molar-refractivity contribution in [2.45, 2.75) is 51.1 Å². The van der Waals surface area contributed by atoms with Crippen LogP contribution in [0.5, 0.6) is 0 Å². The second-order valence-electron chi connectivity index (χ2n) is 7.67. The molecule has 0 unspecified atom stereocenters. The Bertz CT molecular complexity index is 734. The van der Waals surface area contributed by atoms with E-state index in [9.17, 15) is 4.39 Å². The number of likely N-dealkylation sites (N-methyl/N-ethyl adjacent to an activating group) is 1. The highest BCUT2D eigenvalue weighted by molar-refractivity contribution is 5.27. The molecular formula is C20H29FN6. The number of rotatable bonds is 5. The van der Waals surface area contributed by atoms with Gasteiger partial charge in [0.15, 0.2) is 5.82 Å². The molecule has 146 valence electrons. The molecule has 4 rings (SSSR count). The third-order valence-corrected chi connectivity index (χ3v) is 6.10. The molecule has 0 radical (unpaired) electrons. The molecule has 6 nitrogen and oxygen atoms in total. The van der Waals surface area contributed by atoms with Crippen molar-refractivity contribution in [1.82, 2.24) is 30.0 Å². The summed E-state index contributed by atoms with van der Waals surface area (Å²) in [6.07, 6.45) is 5.91. The van der Waals surface area contributed by atoms with E-state index in [1.807, 2.05) is 16.8 Å². The van der Waals surface area contributed by atoms with Crippen molar-refractivity contribution < 1.29 is 4.39 Å². The monoisotopic (exact) mass is 372 g/mol. The van der Waals surface area contributed by atoms with Crippen LogP contribution < -0.4 is 0 Å². The second kappa shape index (κ2) is 8.44. The van der Waals surface area contributed by atoms with Crippen LogP contribution in [0.3, 0.4) is 0 Å². The van der Waals surface area contributed by atoms with Crippen LogP contribution in [0.2, 0.25) is 0 Å². The van der Waals surface area contributed by atoms with E-state index in [0.29, 0.717) is 11.6 Å². The highest BCUT2D eigenvalue weighted by atomic mass is 19.1. The Morgan fingerprint density at radius 3 is 2.52 bits per heavy atom. The molecule has 1 aromatic heterocycles. The zero-order chi connectivity index (χ0) is 18.6. The van der Waals surface area contributed by atoms with Crippen LogP contribution in [-0.2, 0) is 0 Å². The molecular weight excluding hydrogens is 343 g/mol. The maximum absolute atomic E-state index is 14.8. The molecule has 1 saturated carbocycles. The van der Waals surface area contributed by atoms with Gasteiger partial charge in [0, 0.05) is 31.7 Å². The molecule has 2 fully saturated rings. The average molecular weight is 372 g/mol. The number of tetrazole rings is 1. The van der Waals surface area contributed by atoms with Crippen molar-refractivity contribution in [1.29, 1.82) is 0 Å². The van der Waals surface area contributed by atoms with Crippen molar-refractivity contribution in [2.75, 3.05) is 32.7 Å². The van der Waals surface area contributed by atoms with E-state index in [4.69, 9.17) is 0 Å². The summed E-state index contributed by atoms with van der Waals surface area (Å²) < 4.78 is 16.8. The minimum Gasteiger partial charge on any atom is -0.301 e. The zero-order valence-corrected chi connectivity index (χ0v) is 16.1. The molecule has 1 aliphatic carbocycles. The van der Waals surface area contributed by atoms with Crippen molar-refractivity contribution in [2.24, 2.45) is 0 Å². The van der Waals surface area contributed by atoms with Crippen molar-refractivity contribution in [3.63, 3.8) is 0 Å². The number of hydrogen-bond donors (Lipinski definition) is 0. The first-order valence-corrected chi connectivity index (χ1v) is 10.3. The fourth-order valence-electron chi connectivity index (χ4n) is 4.50. The van der Waals surface area contributed by atoms with Crippen LogP contribution in [0, 0.1) is 5.82 Å². The summed E-state index contributed by atoms with van der Waals surface area (Å²) in [7, 11) is 0. The molecule has 1 aromatic carbocycles. The number of benzene rings is 1. The van der Waals surface area contributed by atoms with Gasteiger partial charge in [-0.1, -0.05) is 44.4 Å². The number of nitrogens with zero attached hydrogens (tertiary/aromatic N) is 6. The molecule has 27 heavy (non-hydrogen) atoms. The zero-order valence-electron chi connectivity index (χ0n) is 16.1. The highest BCUT2D eigenvalue weighted by Crippen LogP contribution is 2.34. The normalized spacial score (nSPS) is 21.4. The van der Waals surface area contributed by atoms with E-state index >= 15 is 0 Å². The van der Waals surface area contributed by atoms with Gasteiger partial charge in [-0.25, -0.2) is 9.07 Å². The first-order chi connectivity index (χ1) is 13.3. The van der Waals surface area contributed by atoms with Gasteiger partial charge >= 0.3 is 0 Å². The van der Waals surface area contributed by atoms with E-state index in [1.54, 1.807) is 12.1 Å². The van der Waals surface area contributed by atoms with Crippen molar-refractivity contribution in [3.8, 4) is 0 Å². The molecule has 0 N–H and O–H groups in total. The van der Waals surface area contributed by atoms with Gasteiger partial charge in [0.05, 0.1) is 6.04 Å². The number of aromatic nitrogens is 4. The molecule has 7 heteroatoms. The molecule has 0 bridgehead atoms. The molecule has 2 heterocycles. The Morgan fingerprint density at radius 2 is 1.81 bits per heavy atom. The van der Waals surface area contributed by atoms with Gasteiger partial charge in [-0.2, -0.15) is 0 Å². The summed E-state index contributed by atoms with van der Waals surface area (Å²) in [6, 6.07) is 7.17. The van der Waals surface area contributed by atoms with E-state index in [0.717, 1.165) is 51.4 Å². The van der Waals surface area contributed by atoms with E-state index in [2.05, 4.69) is 32.2 Å². The topological polar surface area (TPSA) is 50.1 Å². The average Bonchev–Trinajstić information content (AvgIpc) is 3.20. The van der Waals surface area contributed by atoms with Gasteiger partial charge in [-0.3, -0.25) is 4.90 Å². The molecule has 1 atom stereocenters. The lowest BCUT2D eigenvalue weighted by Gasteiger charge is -2.39. The predicted molar refractivity (Wildman–Crippen MR) is 102 cm³/mol. The molecule has 1 saturated heterocycles. The van der Waals surface area contributed by atoms with Crippen LogP contribution in [0.1, 0.15) is 62.5 Å². The molecule has 2 aliphatic rings. The summed E-state index contributed by atoms with van der Waals surface area (Å²) >= 11 is 0. The Morgan fingerprint density at radius 1 is 1.07 bits per heavy atom. The SMILES string of the molecule is CCN1CCN([C@@H](c2ccccc2F)c2nnnn2C2CCCCC2)CC1. The minimum absolute atomic E-state index is 0.182. The highest BCUT2D eigenvalue weighted by Gasteiger charge is 2.33. The van der Waals surface area contributed by atoms with Crippen LogP contribution in [0.25, 0.3) is 0 Å². The van der Waals surface area contributed by atoms with Gasteiger partial charge in [0.25, 0.3) is 0 Å². The second-order valence-corrected chi connectivity index (χ2v) is 7.67. The summed E-state index contributed by atoms with van der Waals surface area (Å²) in [5.74, 6) is 0.607. The minimum atomic E-state index is -0.234. The lowest BCUT2D eigenvalue weighted by atomic mass is 9.95. The van der Waals surface area contributed by atoms with Gasteiger partial charge in [0.2, 0.25) is 0 Å². The fourth-order valence-corrected chi connectivity index (χ4v) is 4.50. The Balaban J connectivity index is 1.69. The Hall–Kier alpha value is -1.86. The smallest absolute Gasteiger partial charge is 0.173 e. The molecule has 2 aromatic rings. The van der Waals surface area contributed by atoms with Crippen molar-refractivity contribution in [3.05, 3.63) is 41.5 Å². The number of piperazine rings is 1. The maximum Gasteiger partial charge on any atom is 0.173 e. The standard InChI is InChI=1S/C20H29FN6/c1-2-25-12-14-26(15-13-25)19(17-10-6-7-11-18(17)21)20-22-23-24-27(20)16-8-4-3-5-9-16/h6-7,10-11,16,19H,2-5,8-9,12-15H2,1H3/t19-/m0/s1. The summed E-state index contributed by atoms with van der Waals surface area (Å²) in [5, 5.41) is 12.7. The number of hydrogen-bond acceptors (Lipinski definition) is 5. The summed E-state index contributed by atoms with van der Waals surface area (Å²) in [5.41, 5.74) is 0.675. The maximum atomic E-state index is 14.8. The molecule has 0 spiro atoms. The first kappa shape index (κ1) is 18.5.